The minimum atomic E-state index is 0.320. The molecular formula is C21H35N3OS. The molecule has 4 nitrogen and oxygen atoms in total. The van der Waals surface area contributed by atoms with Crippen molar-refractivity contribution >= 4 is 11.3 Å². The van der Waals surface area contributed by atoms with Gasteiger partial charge in [-0.05, 0) is 62.2 Å². The van der Waals surface area contributed by atoms with Gasteiger partial charge in [0, 0.05) is 56.3 Å². The highest BCUT2D eigenvalue weighted by Gasteiger charge is 2.33. The largest absolute Gasteiger partial charge is 0.396 e. The molecule has 0 unspecified atom stereocenters. The minimum Gasteiger partial charge on any atom is -0.396 e. The fraction of sp³-hybridized carbons (Fsp3) is 0.810. The fourth-order valence-corrected chi connectivity index (χ4v) is 6.13. The quantitative estimate of drug-likeness (QED) is 0.791. The van der Waals surface area contributed by atoms with Gasteiger partial charge in [0.15, 0.2) is 0 Å². The van der Waals surface area contributed by atoms with Crippen LogP contribution in [-0.4, -0.2) is 71.2 Å². The Balaban J connectivity index is 1.31. The summed E-state index contributed by atoms with van der Waals surface area (Å²) in [6, 6.07) is 3.76. The minimum absolute atomic E-state index is 0.320. The molecule has 1 aliphatic carbocycles. The number of thiophene rings is 1. The molecule has 1 saturated carbocycles. The van der Waals surface area contributed by atoms with Crippen molar-refractivity contribution in [2.75, 3.05) is 39.3 Å². The number of rotatable bonds is 7. The van der Waals surface area contributed by atoms with Crippen molar-refractivity contribution in [3.63, 3.8) is 0 Å². The molecule has 4 rings (SSSR count). The third kappa shape index (κ3) is 4.68. The van der Waals surface area contributed by atoms with Crippen molar-refractivity contribution in [1.82, 2.24) is 14.7 Å². The Labute approximate surface area is 162 Å². The van der Waals surface area contributed by atoms with Crippen LogP contribution in [0.5, 0.6) is 0 Å². The second-order valence-electron chi connectivity index (χ2n) is 8.48. The van der Waals surface area contributed by atoms with Gasteiger partial charge < -0.3 is 5.11 Å². The van der Waals surface area contributed by atoms with Crippen molar-refractivity contribution < 1.29 is 5.11 Å². The lowest BCUT2D eigenvalue weighted by Gasteiger charge is -2.44. The predicted octanol–water partition coefficient (Wildman–Crippen LogP) is 3.16. The van der Waals surface area contributed by atoms with Gasteiger partial charge >= 0.3 is 0 Å². The van der Waals surface area contributed by atoms with E-state index in [1.807, 2.05) is 11.3 Å². The Hall–Kier alpha value is -0.460. The smallest absolute Gasteiger partial charge is 0.0446 e. The lowest BCUT2D eigenvalue weighted by molar-refractivity contribution is 0.0271. The van der Waals surface area contributed by atoms with E-state index in [1.54, 1.807) is 0 Å². The van der Waals surface area contributed by atoms with Crippen molar-refractivity contribution in [2.24, 2.45) is 0 Å². The molecular weight excluding hydrogens is 342 g/mol. The maximum Gasteiger partial charge on any atom is 0.0446 e. The zero-order valence-electron chi connectivity index (χ0n) is 16.1. The van der Waals surface area contributed by atoms with Crippen LogP contribution in [0.4, 0.5) is 0 Å². The number of likely N-dealkylation sites (tertiary alicyclic amines) is 1. The van der Waals surface area contributed by atoms with Crippen LogP contribution in [0, 0.1) is 0 Å². The normalized spacial score (nSPS) is 26.9. The second kappa shape index (κ2) is 9.16. The topological polar surface area (TPSA) is 30.0 Å². The lowest BCUT2D eigenvalue weighted by Crippen LogP contribution is -2.55. The molecule has 3 fully saturated rings. The van der Waals surface area contributed by atoms with Gasteiger partial charge in [0.05, 0.1) is 0 Å². The van der Waals surface area contributed by atoms with Crippen LogP contribution in [0.25, 0.3) is 0 Å². The summed E-state index contributed by atoms with van der Waals surface area (Å²) in [6.07, 6.45) is 9.19. The number of hydrogen-bond acceptors (Lipinski definition) is 5. The van der Waals surface area contributed by atoms with Crippen molar-refractivity contribution in [2.45, 2.75) is 70.1 Å². The number of nitrogens with zero attached hydrogens (tertiary/aromatic N) is 3. The highest BCUT2D eigenvalue weighted by Crippen LogP contribution is 2.29. The first-order chi connectivity index (χ1) is 12.8. The fourth-order valence-electron chi connectivity index (χ4n) is 5.21. The molecule has 2 aliphatic heterocycles. The van der Waals surface area contributed by atoms with E-state index < -0.39 is 0 Å². The highest BCUT2D eigenvalue weighted by molar-refractivity contribution is 7.10. The molecule has 1 N–H and O–H groups in total. The van der Waals surface area contributed by atoms with E-state index in [0.717, 1.165) is 32.1 Å². The van der Waals surface area contributed by atoms with Gasteiger partial charge in [0.25, 0.3) is 0 Å². The third-order valence-corrected chi connectivity index (χ3v) is 7.53. The van der Waals surface area contributed by atoms with E-state index >= 15 is 0 Å². The summed E-state index contributed by atoms with van der Waals surface area (Å²) in [7, 11) is 0. The number of aliphatic hydroxyl groups is 1. The Morgan fingerprint density at radius 1 is 0.962 bits per heavy atom. The number of piperazine rings is 1. The standard InChI is InChI=1S/C21H35N3OS/c25-12-7-20-15-23(10-11-24(20)19-5-1-2-6-19)16-21-13-18(17-26-21)14-22-8-3-4-9-22/h13,17,19-20,25H,1-12,14-16H2/t20-/m0/s1. The summed E-state index contributed by atoms with van der Waals surface area (Å²) in [6.45, 7) is 8.58. The molecule has 1 atom stereocenters. The Morgan fingerprint density at radius 3 is 2.54 bits per heavy atom. The average molecular weight is 378 g/mol. The molecule has 3 heterocycles. The van der Waals surface area contributed by atoms with Gasteiger partial charge in [-0.15, -0.1) is 11.3 Å². The van der Waals surface area contributed by atoms with E-state index in [9.17, 15) is 5.11 Å². The molecule has 2 saturated heterocycles. The molecule has 5 heteroatoms. The van der Waals surface area contributed by atoms with E-state index in [4.69, 9.17) is 0 Å². The third-order valence-electron chi connectivity index (χ3n) is 6.56. The maximum absolute atomic E-state index is 9.55. The molecule has 0 amide bonds. The highest BCUT2D eigenvalue weighted by atomic mass is 32.1. The SMILES string of the molecule is OCC[C@H]1CN(Cc2cc(CN3CCCC3)cs2)CCN1C1CCCC1. The van der Waals surface area contributed by atoms with Crippen LogP contribution in [0.3, 0.4) is 0 Å². The maximum atomic E-state index is 9.55. The number of aliphatic hydroxyl groups excluding tert-OH is 1. The Bertz CT molecular complexity index is 551. The van der Waals surface area contributed by atoms with Crippen molar-refractivity contribution in [3.05, 3.63) is 21.9 Å². The van der Waals surface area contributed by atoms with Crippen LogP contribution >= 0.6 is 11.3 Å². The molecule has 26 heavy (non-hydrogen) atoms. The first-order valence-electron chi connectivity index (χ1n) is 10.7. The summed E-state index contributed by atoms with van der Waals surface area (Å²) in [5, 5.41) is 11.9. The van der Waals surface area contributed by atoms with E-state index in [-0.39, 0.29) is 0 Å². The van der Waals surface area contributed by atoms with Gasteiger partial charge in [-0.25, -0.2) is 0 Å². The molecule has 1 aromatic heterocycles. The summed E-state index contributed by atoms with van der Waals surface area (Å²) < 4.78 is 0. The molecule has 0 spiro atoms. The zero-order valence-corrected chi connectivity index (χ0v) is 16.9. The van der Waals surface area contributed by atoms with E-state index in [2.05, 4.69) is 26.1 Å². The molecule has 146 valence electrons. The number of hydrogen-bond donors (Lipinski definition) is 1. The second-order valence-corrected chi connectivity index (χ2v) is 9.48. The van der Waals surface area contributed by atoms with E-state index in [1.165, 1.54) is 75.1 Å². The van der Waals surface area contributed by atoms with Gasteiger partial charge in [-0.2, -0.15) is 0 Å². The summed E-state index contributed by atoms with van der Waals surface area (Å²) in [5.41, 5.74) is 1.50. The van der Waals surface area contributed by atoms with Crippen LogP contribution in [-0.2, 0) is 13.1 Å². The predicted molar refractivity (Wildman–Crippen MR) is 109 cm³/mol. The summed E-state index contributed by atoms with van der Waals surface area (Å²) in [5.74, 6) is 0. The average Bonchev–Trinajstić information content (AvgIpc) is 3.39. The Morgan fingerprint density at radius 2 is 1.77 bits per heavy atom. The molecule has 1 aromatic rings. The summed E-state index contributed by atoms with van der Waals surface area (Å²) >= 11 is 1.94. The Kier molecular flexibility index (Phi) is 6.65. The molecule has 0 bridgehead atoms. The molecule has 3 aliphatic rings. The molecule has 0 radical (unpaired) electrons. The first-order valence-corrected chi connectivity index (χ1v) is 11.6. The van der Waals surface area contributed by atoms with Crippen LogP contribution in [0.1, 0.15) is 55.4 Å². The van der Waals surface area contributed by atoms with Gasteiger partial charge in [0.1, 0.15) is 0 Å². The zero-order chi connectivity index (χ0) is 17.8. The van der Waals surface area contributed by atoms with E-state index in [0.29, 0.717) is 12.6 Å². The van der Waals surface area contributed by atoms with Crippen LogP contribution in [0.2, 0.25) is 0 Å². The van der Waals surface area contributed by atoms with Gasteiger partial charge in [-0.1, -0.05) is 12.8 Å². The lowest BCUT2D eigenvalue weighted by atomic mass is 10.0. The van der Waals surface area contributed by atoms with Crippen LogP contribution < -0.4 is 0 Å². The van der Waals surface area contributed by atoms with Gasteiger partial charge in [0.2, 0.25) is 0 Å². The van der Waals surface area contributed by atoms with Crippen molar-refractivity contribution in [1.29, 1.82) is 0 Å². The van der Waals surface area contributed by atoms with Gasteiger partial charge in [-0.3, -0.25) is 14.7 Å². The van der Waals surface area contributed by atoms with Crippen LogP contribution in [0.15, 0.2) is 11.4 Å². The first kappa shape index (κ1) is 18.9. The summed E-state index contributed by atoms with van der Waals surface area (Å²) in [4.78, 5) is 9.45. The molecule has 0 aromatic carbocycles. The van der Waals surface area contributed by atoms with Crippen molar-refractivity contribution in [3.8, 4) is 0 Å². The monoisotopic (exact) mass is 377 g/mol.